The molecule has 0 aliphatic carbocycles. The summed E-state index contributed by atoms with van der Waals surface area (Å²) in [6.07, 6.45) is 11.7. The lowest BCUT2D eigenvalue weighted by Gasteiger charge is -2.17. The normalized spacial score (nSPS) is 11.0. The highest BCUT2D eigenvalue weighted by Gasteiger charge is 2.04. The second-order valence-corrected chi connectivity index (χ2v) is 5.83. The minimum atomic E-state index is -0.0231. The van der Waals surface area contributed by atoms with Crippen molar-refractivity contribution in [3.8, 4) is 0 Å². The average molecular weight is 299 g/mol. The summed E-state index contributed by atoms with van der Waals surface area (Å²) in [7, 11) is 0. The summed E-state index contributed by atoms with van der Waals surface area (Å²) >= 11 is 0. The van der Waals surface area contributed by atoms with Gasteiger partial charge in [0.05, 0.1) is 6.61 Å². The molecular weight excluding hydrogens is 262 g/mol. The first kappa shape index (κ1) is 20.4. The van der Waals surface area contributed by atoms with E-state index in [1.807, 2.05) is 0 Å². The number of ether oxygens (including phenoxy) is 1. The van der Waals surface area contributed by atoms with Crippen LogP contribution in [-0.4, -0.2) is 37.1 Å². The molecule has 0 unspecified atom stereocenters. The standard InChI is InChI=1S/C18H37NO2/c1-4-7-8-9-10-11-12-13-17-21-18(20)15-14-16-19(5-2)6-3/h4-17H2,1-3H3. The Balaban J connectivity index is 3.26. The van der Waals surface area contributed by atoms with Crippen LogP contribution in [0.1, 0.15) is 85.0 Å². The van der Waals surface area contributed by atoms with Crippen LogP contribution in [0.15, 0.2) is 0 Å². The zero-order chi connectivity index (χ0) is 15.8. The lowest BCUT2D eigenvalue weighted by molar-refractivity contribution is -0.143. The van der Waals surface area contributed by atoms with E-state index >= 15 is 0 Å². The highest BCUT2D eigenvalue weighted by Crippen LogP contribution is 2.08. The number of hydrogen-bond acceptors (Lipinski definition) is 3. The molecule has 0 aromatic rings. The minimum Gasteiger partial charge on any atom is -0.466 e. The Labute approximate surface area is 132 Å². The van der Waals surface area contributed by atoms with Crippen molar-refractivity contribution >= 4 is 5.97 Å². The minimum absolute atomic E-state index is 0.0231. The molecule has 21 heavy (non-hydrogen) atoms. The third kappa shape index (κ3) is 14.1. The fourth-order valence-electron chi connectivity index (χ4n) is 2.48. The zero-order valence-corrected chi connectivity index (χ0v) is 14.7. The van der Waals surface area contributed by atoms with E-state index in [0.29, 0.717) is 13.0 Å². The van der Waals surface area contributed by atoms with Crippen LogP contribution in [0.5, 0.6) is 0 Å². The third-order valence-electron chi connectivity index (χ3n) is 4.01. The van der Waals surface area contributed by atoms with Gasteiger partial charge in [-0.15, -0.1) is 0 Å². The second-order valence-electron chi connectivity index (χ2n) is 5.83. The molecule has 0 spiro atoms. The van der Waals surface area contributed by atoms with Crippen LogP contribution in [0.2, 0.25) is 0 Å². The Bertz CT molecular complexity index is 227. The number of hydrogen-bond donors (Lipinski definition) is 0. The number of nitrogens with zero attached hydrogens (tertiary/aromatic N) is 1. The lowest BCUT2D eigenvalue weighted by atomic mass is 10.1. The van der Waals surface area contributed by atoms with Gasteiger partial charge in [0.25, 0.3) is 0 Å². The van der Waals surface area contributed by atoms with E-state index in [1.54, 1.807) is 0 Å². The predicted molar refractivity (Wildman–Crippen MR) is 90.6 cm³/mol. The fraction of sp³-hybridized carbons (Fsp3) is 0.944. The van der Waals surface area contributed by atoms with Gasteiger partial charge in [-0.25, -0.2) is 0 Å². The van der Waals surface area contributed by atoms with Crippen LogP contribution < -0.4 is 0 Å². The molecule has 0 heterocycles. The average Bonchev–Trinajstić information content (AvgIpc) is 2.50. The maximum Gasteiger partial charge on any atom is 0.305 e. The van der Waals surface area contributed by atoms with E-state index in [0.717, 1.165) is 32.5 Å². The van der Waals surface area contributed by atoms with E-state index in [2.05, 4.69) is 25.7 Å². The SMILES string of the molecule is CCCCCCCCCCOC(=O)CCCN(CC)CC. The summed E-state index contributed by atoms with van der Waals surface area (Å²) in [5.74, 6) is -0.0231. The quantitative estimate of drug-likeness (QED) is 0.321. The maximum absolute atomic E-state index is 11.6. The molecule has 0 radical (unpaired) electrons. The first-order valence-corrected chi connectivity index (χ1v) is 9.12. The molecule has 0 N–H and O–H groups in total. The van der Waals surface area contributed by atoms with Crippen molar-refractivity contribution in [3.05, 3.63) is 0 Å². The highest BCUT2D eigenvalue weighted by atomic mass is 16.5. The Kier molecular flexibility index (Phi) is 15.4. The third-order valence-corrected chi connectivity index (χ3v) is 4.01. The Morgan fingerprint density at radius 1 is 0.810 bits per heavy atom. The maximum atomic E-state index is 11.6. The highest BCUT2D eigenvalue weighted by molar-refractivity contribution is 5.69. The van der Waals surface area contributed by atoms with Crippen LogP contribution in [0.3, 0.4) is 0 Å². The van der Waals surface area contributed by atoms with Gasteiger partial charge < -0.3 is 9.64 Å². The summed E-state index contributed by atoms with van der Waals surface area (Å²) < 4.78 is 5.28. The monoisotopic (exact) mass is 299 g/mol. The van der Waals surface area contributed by atoms with E-state index in [4.69, 9.17) is 4.74 Å². The molecule has 0 amide bonds. The Morgan fingerprint density at radius 2 is 1.38 bits per heavy atom. The van der Waals surface area contributed by atoms with Crippen LogP contribution in [0.25, 0.3) is 0 Å². The number of unbranched alkanes of at least 4 members (excludes halogenated alkanes) is 7. The molecule has 0 atom stereocenters. The van der Waals surface area contributed by atoms with Gasteiger partial charge in [0.2, 0.25) is 0 Å². The molecule has 3 nitrogen and oxygen atoms in total. The molecule has 0 rings (SSSR count). The Hall–Kier alpha value is -0.570. The second kappa shape index (κ2) is 15.8. The van der Waals surface area contributed by atoms with Crippen LogP contribution in [0, 0.1) is 0 Å². The van der Waals surface area contributed by atoms with E-state index in [1.165, 1.54) is 44.9 Å². The summed E-state index contributed by atoms with van der Waals surface area (Å²) in [4.78, 5) is 13.9. The molecule has 0 aromatic carbocycles. The van der Waals surface area contributed by atoms with Crippen molar-refractivity contribution in [1.29, 1.82) is 0 Å². The van der Waals surface area contributed by atoms with Crippen LogP contribution >= 0.6 is 0 Å². The topological polar surface area (TPSA) is 29.5 Å². The predicted octanol–water partition coefficient (Wildman–Crippen LogP) is 4.79. The number of carbonyl (C=O) groups is 1. The number of rotatable bonds is 15. The largest absolute Gasteiger partial charge is 0.466 e. The van der Waals surface area contributed by atoms with Gasteiger partial charge in [-0.3, -0.25) is 4.79 Å². The first-order chi connectivity index (χ1) is 10.2. The molecule has 0 bridgehead atoms. The van der Waals surface area contributed by atoms with Gasteiger partial charge in [0.1, 0.15) is 0 Å². The Morgan fingerprint density at radius 3 is 1.95 bits per heavy atom. The van der Waals surface area contributed by atoms with Crippen molar-refractivity contribution in [2.45, 2.75) is 85.0 Å². The van der Waals surface area contributed by atoms with E-state index in [9.17, 15) is 4.79 Å². The van der Waals surface area contributed by atoms with Crippen LogP contribution in [-0.2, 0) is 9.53 Å². The van der Waals surface area contributed by atoms with Crippen molar-refractivity contribution in [2.24, 2.45) is 0 Å². The molecule has 126 valence electrons. The van der Waals surface area contributed by atoms with E-state index < -0.39 is 0 Å². The number of esters is 1. The molecule has 0 saturated carbocycles. The van der Waals surface area contributed by atoms with Crippen molar-refractivity contribution in [1.82, 2.24) is 4.90 Å². The molecule has 3 heteroatoms. The first-order valence-electron chi connectivity index (χ1n) is 9.12. The smallest absolute Gasteiger partial charge is 0.305 e. The van der Waals surface area contributed by atoms with Gasteiger partial charge in [-0.05, 0) is 32.5 Å². The molecule has 0 aliphatic rings. The van der Waals surface area contributed by atoms with Gasteiger partial charge >= 0.3 is 5.97 Å². The molecular formula is C18H37NO2. The van der Waals surface area contributed by atoms with Gasteiger partial charge in [0.15, 0.2) is 0 Å². The summed E-state index contributed by atoms with van der Waals surface area (Å²) in [6.45, 7) is 10.3. The zero-order valence-electron chi connectivity index (χ0n) is 14.7. The van der Waals surface area contributed by atoms with Crippen LogP contribution in [0.4, 0.5) is 0 Å². The van der Waals surface area contributed by atoms with Crippen molar-refractivity contribution in [3.63, 3.8) is 0 Å². The van der Waals surface area contributed by atoms with Crippen molar-refractivity contribution < 1.29 is 9.53 Å². The molecule has 0 saturated heterocycles. The van der Waals surface area contributed by atoms with Gasteiger partial charge in [0, 0.05) is 6.42 Å². The van der Waals surface area contributed by atoms with Crippen molar-refractivity contribution in [2.75, 3.05) is 26.2 Å². The van der Waals surface area contributed by atoms with Gasteiger partial charge in [-0.2, -0.15) is 0 Å². The van der Waals surface area contributed by atoms with E-state index in [-0.39, 0.29) is 5.97 Å². The van der Waals surface area contributed by atoms with Gasteiger partial charge in [-0.1, -0.05) is 65.7 Å². The summed E-state index contributed by atoms with van der Waals surface area (Å²) in [6, 6.07) is 0. The fourth-order valence-corrected chi connectivity index (χ4v) is 2.48. The molecule has 0 aliphatic heterocycles. The lowest BCUT2D eigenvalue weighted by Crippen LogP contribution is -2.24. The molecule has 0 aromatic heterocycles. The number of carbonyl (C=O) groups excluding carboxylic acids is 1. The molecule has 0 fully saturated rings. The summed E-state index contributed by atoms with van der Waals surface area (Å²) in [5.41, 5.74) is 0. The summed E-state index contributed by atoms with van der Waals surface area (Å²) in [5, 5.41) is 0.